The Kier molecular flexibility index (Phi) is 4.73. The molecule has 0 saturated heterocycles. The number of H-pyrrole nitrogens is 1. The van der Waals surface area contributed by atoms with Crippen LogP contribution in [-0.4, -0.2) is 21.1 Å². The van der Waals surface area contributed by atoms with E-state index in [0.29, 0.717) is 26.9 Å². The van der Waals surface area contributed by atoms with E-state index in [1.165, 1.54) is 0 Å². The minimum Gasteiger partial charge on any atom is -0.333 e. The maximum atomic E-state index is 13.2. The Morgan fingerprint density at radius 3 is 2.62 bits per heavy atom. The SMILES string of the molecule is CC(Sc1nc2cc(F)c(F)cc2[nH]1)C(=O)Nc1ccc(Cl)cc1. The fourth-order valence-electron chi connectivity index (χ4n) is 2.04. The van der Waals surface area contributed by atoms with Crippen molar-refractivity contribution >= 4 is 46.0 Å². The zero-order valence-electron chi connectivity index (χ0n) is 12.4. The number of aromatic nitrogens is 2. The van der Waals surface area contributed by atoms with Crippen LogP contribution >= 0.6 is 23.4 Å². The number of nitrogens with one attached hydrogen (secondary N) is 2. The molecule has 3 aromatic rings. The number of benzene rings is 2. The Balaban J connectivity index is 1.70. The number of rotatable bonds is 4. The summed E-state index contributed by atoms with van der Waals surface area (Å²) in [6, 6.07) is 8.81. The van der Waals surface area contributed by atoms with E-state index in [2.05, 4.69) is 15.3 Å². The molecule has 1 heterocycles. The van der Waals surface area contributed by atoms with Crippen molar-refractivity contribution in [2.75, 3.05) is 5.32 Å². The fraction of sp³-hybridized carbons (Fsp3) is 0.125. The molecule has 1 aromatic heterocycles. The smallest absolute Gasteiger partial charge is 0.237 e. The van der Waals surface area contributed by atoms with Crippen LogP contribution in [0.5, 0.6) is 0 Å². The number of nitrogens with zero attached hydrogens (tertiary/aromatic N) is 1. The first kappa shape index (κ1) is 16.7. The maximum Gasteiger partial charge on any atom is 0.237 e. The second kappa shape index (κ2) is 6.78. The Morgan fingerprint density at radius 2 is 1.92 bits per heavy atom. The van der Waals surface area contributed by atoms with Crippen LogP contribution in [0.1, 0.15) is 6.92 Å². The first-order valence-electron chi connectivity index (χ1n) is 7.00. The highest BCUT2D eigenvalue weighted by atomic mass is 35.5. The second-order valence-electron chi connectivity index (χ2n) is 5.08. The third-order valence-electron chi connectivity index (χ3n) is 3.27. The minimum atomic E-state index is -0.959. The first-order valence-corrected chi connectivity index (χ1v) is 8.26. The number of fused-ring (bicyclic) bond motifs is 1. The summed E-state index contributed by atoms with van der Waals surface area (Å²) in [7, 11) is 0. The van der Waals surface area contributed by atoms with Crippen molar-refractivity contribution < 1.29 is 13.6 Å². The van der Waals surface area contributed by atoms with Crippen molar-refractivity contribution in [2.24, 2.45) is 0 Å². The van der Waals surface area contributed by atoms with E-state index in [0.717, 1.165) is 23.9 Å². The van der Waals surface area contributed by atoms with E-state index < -0.39 is 16.9 Å². The topological polar surface area (TPSA) is 57.8 Å². The molecule has 1 unspecified atom stereocenters. The normalized spacial score (nSPS) is 12.3. The number of thioether (sulfide) groups is 1. The summed E-state index contributed by atoms with van der Waals surface area (Å²) in [4.78, 5) is 19.2. The summed E-state index contributed by atoms with van der Waals surface area (Å²) in [6.07, 6.45) is 0. The van der Waals surface area contributed by atoms with Gasteiger partial charge in [0.2, 0.25) is 5.91 Å². The van der Waals surface area contributed by atoms with E-state index in [4.69, 9.17) is 11.6 Å². The first-order chi connectivity index (χ1) is 11.4. The summed E-state index contributed by atoms with van der Waals surface area (Å²) in [5, 5.41) is 3.29. The Labute approximate surface area is 145 Å². The molecule has 0 radical (unpaired) electrons. The quantitative estimate of drug-likeness (QED) is 0.662. The van der Waals surface area contributed by atoms with Crippen LogP contribution in [-0.2, 0) is 4.79 Å². The van der Waals surface area contributed by atoms with Gasteiger partial charge in [0.1, 0.15) is 0 Å². The Morgan fingerprint density at radius 1 is 1.25 bits per heavy atom. The van der Waals surface area contributed by atoms with Gasteiger partial charge >= 0.3 is 0 Å². The highest BCUT2D eigenvalue weighted by Gasteiger charge is 2.17. The summed E-state index contributed by atoms with van der Waals surface area (Å²) < 4.78 is 26.4. The highest BCUT2D eigenvalue weighted by Crippen LogP contribution is 2.25. The summed E-state index contributed by atoms with van der Waals surface area (Å²) in [6.45, 7) is 1.71. The number of anilines is 1. The number of hydrogen-bond donors (Lipinski definition) is 2. The standard InChI is InChI=1S/C16H12ClF2N3OS/c1-8(15(23)20-10-4-2-9(17)3-5-10)24-16-21-13-6-11(18)12(19)7-14(13)22-16/h2-8H,1H3,(H,20,23)(H,21,22). The van der Waals surface area contributed by atoms with Gasteiger partial charge in [-0.3, -0.25) is 4.79 Å². The van der Waals surface area contributed by atoms with Crippen molar-refractivity contribution in [3.05, 3.63) is 53.1 Å². The van der Waals surface area contributed by atoms with Crippen LogP contribution < -0.4 is 5.32 Å². The number of hydrogen-bond acceptors (Lipinski definition) is 3. The molecule has 4 nitrogen and oxygen atoms in total. The molecular weight excluding hydrogens is 356 g/mol. The molecule has 24 heavy (non-hydrogen) atoms. The highest BCUT2D eigenvalue weighted by molar-refractivity contribution is 8.00. The third kappa shape index (κ3) is 3.68. The van der Waals surface area contributed by atoms with Gasteiger partial charge in [-0.25, -0.2) is 13.8 Å². The van der Waals surface area contributed by atoms with Gasteiger partial charge in [-0.15, -0.1) is 0 Å². The second-order valence-corrected chi connectivity index (χ2v) is 6.85. The van der Waals surface area contributed by atoms with Crippen LogP contribution in [0.15, 0.2) is 41.6 Å². The largest absolute Gasteiger partial charge is 0.333 e. The van der Waals surface area contributed by atoms with Gasteiger partial charge in [0.05, 0.1) is 16.3 Å². The lowest BCUT2D eigenvalue weighted by Crippen LogP contribution is -2.22. The summed E-state index contributed by atoms with van der Waals surface area (Å²) in [5.41, 5.74) is 1.31. The molecule has 0 aliphatic carbocycles. The van der Waals surface area contributed by atoms with Gasteiger partial charge < -0.3 is 10.3 Å². The third-order valence-corrected chi connectivity index (χ3v) is 4.51. The molecule has 0 fully saturated rings. The Hall–Kier alpha value is -2.12. The predicted molar refractivity (Wildman–Crippen MR) is 91.4 cm³/mol. The van der Waals surface area contributed by atoms with Gasteiger partial charge in [0.15, 0.2) is 16.8 Å². The van der Waals surface area contributed by atoms with E-state index in [1.807, 2.05) is 0 Å². The van der Waals surface area contributed by atoms with Gasteiger partial charge in [-0.2, -0.15) is 0 Å². The molecule has 0 aliphatic rings. The number of aromatic amines is 1. The molecule has 3 rings (SSSR count). The zero-order valence-corrected chi connectivity index (χ0v) is 14.0. The van der Waals surface area contributed by atoms with Crippen LogP contribution in [0.2, 0.25) is 5.02 Å². The molecule has 2 aromatic carbocycles. The van der Waals surface area contributed by atoms with Gasteiger partial charge in [-0.1, -0.05) is 23.4 Å². The molecule has 0 saturated carbocycles. The number of carbonyl (C=O) groups is 1. The monoisotopic (exact) mass is 367 g/mol. The minimum absolute atomic E-state index is 0.222. The fourth-order valence-corrected chi connectivity index (χ4v) is 2.98. The van der Waals surface area contributed by atoms with Crippen LogP contribution in [0.4, 0.5) is 14.5 Å². The van der Waals surface area contributed by atoms with Crippen molar-refractivity contribution in [3.63, 3.8) is 0 Å². The van der Waals surface area contributed by atoms with E-state index in [1.54, 1.807) is 31.2 Å². The van der Waals surface area contributed by atoms with Gasteiger partial charge in [0, 0.05) is 22.8 Å². The van der Waals surface area contributed by atoms with Crippen molar-refractivity contribution in [2.45, 2.75) is 17.3 Å². The maximum absolute atomic E-state index is 13.2. The molecule has 0 spiro atoms. The number of amides is 1. The summed E-state index contributed by atoms with van der Waals surface area (Å²) in [5.74, 6) is -2.13. The van der Waals surface area contributed by atoms with Crippen LogP contribution in [0, 0.1) is 11.6 Å². The molecule has 8 heteroatoms. The number of imidazole rings is 1. The molecular formula is C16H12ClF2N3OS. The Bertz CT molecular complexity index is 859. The molecule has 0 bridgehead atoms. The van der Waals surface area contributed by atoms with Crippen molar-refractivity contribution in [3.8, 4) is 0 Å². The van der Waals surface area contributed by atoms with E-state index in [9.17, 15) is 13.6 Å². The zero-order chi connectivity index (χ0) is 17.3. The average Bonchev–Trinajstić information content (AvgIpc) is 2.91. The van der Waals surface area contributed by atoms with E-state index in [-0.39, 0.29) is 5.91 Å². The van der Waals surface area contributed by atoms with Gasteiger partial charge in [0.25, 0.3) is 0 Å². The molecule has 124 valence electrons. The molecule has 2 N–H and O–H groups in total. The predicted octanol–water partition coefficient (Wildman–Crippen LogP) is 4.61. The molecule has 1 amide bonds. The van der Waals surface area contributed by atoms with E-state index >= 15 is 0 Å². The van der Waals surface area contributed by atoms with Crippen LogP contribution in [0.25, 0.3) is 11.0 Å². The lowest BCUT2D eigenvalue weighted by molar-refractivity contribution is -0.115. The molecule has 1 atom stereocenters. The summed E-state index contributed by atoms with van der Waals surface area (Å²) >= 11 is 6.96. The number of carbonyl (C=O) groups excluding carboxylic acids is 1. The van der Waals surface area contributed by atoms with Gasteiger partial charge in [-0.05, 0) is 31.2 Å². The van der Waals surface area contributed by atoms with Crippen LogP contribution in [0.3, 0.4) is 0 Å². The average molecular weight is 368 g/mol. The molecule has 0 aliphatic heterocycles. The lowest BCUT2D eigenvalue weighted by Gasteiger charge is -2.10. The number of halogens is 3. The van der Waals surface area contributed by atoms with Crippen molar-refractivity contribution in [1.82, 2.24) is 9.97 Å². The lowest BCUT2D eigenvalue weighted by atomic mass is 10.3. The van der Waals surface area contributed by atoms with Crippen molar-refractivity contribution in [1.29, 1.82) is 0 Å².